The van der Waals surface area contributed by atoms with Crippen LogP contribution in [0.2, 0.25) is 0 Å². The SMILES string of the molecule is COCCN1CCC(CNC(=O)C2(c3ccc(F)cc3)CCC2)CC1. The van der Waals surface area contributed by atoms with Crippen LogP contribution >= 0.6 is 0 Å². The van der Waals surface area contributed by atoms with Crippen LogP contribution in [0.25, 0.3) is 0 Å². The molecule has 4 nitrogen and oxygen atoms in total. The third-order valence-electron chi connectivity index (χ3n) is 5.91. The lowest BCUT2D eigenvalue weighted by Gasteiger charge is -2.41. The van der Waals surface area contributed by atoms with Crippen molar-refractivity contribution in [2.75, 3.05) is 39.9 Å². The van der Waals surface area contributed by atoms with Crippen LogP contribution in [0.5, 0.6) is 0 Å². The van der Waals surface area contributed by atoms with Crippen molar-refractivity contribution >= 4 is 5.91 Å². The minimum atomic E-state index is -0.438. The maximum Gasteiger partial charge on any atom is 0.230 e. The Balaban J connectivity index is 1.50. The van der Waals surface area contributed by atoms with Gasteiger partial charge in [-0.3, -0.25) is 4.79 Å². The number of ether oxygens (including phenoxy) is 1. The van der Waals surface area contributed by atoms with Crippen molar-refractivity contribution in [2.45, 2.75) is 37.5 Å². The van der Waals surface area contributed by atoms with Crippen LogP contribution in [0.4, 0.5) is 4.39 Å². The molecule has 1 aromatic carbocycles. The number of piperidine rings is 1. The second-order valence-corrected chi connectivity index (χ2v) is 7.43. The number of hydrogen-bond acceptors (Lipinski definition) is 3. The van der Waals surface area contributed by atoms with Crippen molar-refractivity contribution in [1.29, 1.82) is 0 Å². The molecule has 0 aromatic heterocycles. The summed E-state index contributed by atoms with van der Waals surface area (Å²) >= 11 is 0. The predicted octanol–water partition coefficient (Wildman–Crippen LogP) is 2.72. The molecule has 1 aliphatic heterocycles. The van der Waals surface area contributed by atoms with Crippen LogP contribution in [-0.4, -0.2) is 50.7 Å². The monoisotopic (exact) mass is 348 g/mol. The quantitative estimate of drug-likeness (QED) is 0.824. The van der Waals surface area contributed by atoms with E-state index in [4.69, 9.17) is 4.74 Å². The Morgan fingerprint density at radius 3 is 2.52 bits per heavy atom. The average Bonchev–Trinajstić information content (AvgIpc) is 2.59. The first kappa shape index (κ1) is 18.3. The number of nitrogens with zero attached hydrogens (tertiary/aromatic N) is 1. The molecule has 0 atom stereocenters. The van der Waals surface area contributed by atoms with Crippen LogP contribution in [-0.2, 0) is 14.9 Å². The highest BCUT2D eigenvalue weighted by Gasteiger charge is 2.45. The fraction of sp³-hybridized carbons (Fsp3) is 0.650. The summed E-state index contributed by atoms with van der Waals surface area (Å²) < 4.78 is 18.3. The molecular weight excluding hydrogens is 319 g/mol. The summed E-state index contributed by atoms with van der Waals surface area (Å²) in [5.74, 6) is 0.416. The third kappa shape index (κ3) is 4.21. The molecule has 1 amide bonds. The van der Waals surface area contributed by atoms with Gasteiger partial charge in [0.1, 0.15) is 5.82 Å². The van der Waals surface area contributed by atoms with Gasteiger partial charge in [-0.05, 0) is 62.4 Å². The molecule has 5 heteroatoms. The predicted molar refractivity (Wildman–Crippen MR) is 96.0 cm³/mol. The highest BCUT2D eigenvalue weighted by molar-refractivity contribution is 5.89. The van der Waals surface area contributed by atoms with E-state index in [9.17, 15) is 9.18 Å². The maximum atomic E-state index is 13.2. The van der Waals surface area contributed by atoms with Gasteiger partial charge in [-0.25, -0.2) is 4.39 Å². The molecule has 2 fully saturated rings. The van der Waals surface area contributed by atoms with Crippen LogP contribution in [0.15, 0.2) is 24.3 Å². The van der Waals surface area contributed by atoms with Gasteiger partial charge in [0, 0.05) is 20.2 Å². The number of halogens is 1. The molecular formula is C20H29FN2O2. The minimum Gasteiger partial charge on any atom is -0.383 e. The van der Waals surface area contributed by atoms with E-state index in [0.717, 1.165) is 70.5 Å². The van der Waals surface area contributed by atoms with Crippen molar-refractivity contribution in [1.82, 2.24) is 10.2 Å². The highest BCUT2D eigenvalue weighted by atomic mass is 19.1. The number of benzene rings is 1. The topological polar surface area (TPSA) is 41.6 Å². The van der Waals surface area contributed by atoms with E-state index in [1.807, 2.05) is 0 Å². The number of nitrogens with one attached hydrogen (secondary N) is 1. The second kappa shape index (κ2) is 8.28. The lowest BCUT2D eigenvalue weighted by Crippen LogP contribution is -2.50. The van der Waals surface area contributed by atoms with Gasteiger partial charge in [-0.2, -0.15) is 0 Å². The molecule has 1 N–H and O–H groups in total. The molecule has 0 radical (unpaired) electrons. The van der Waals surface area contributed by atoms with Crippen LogP contribution in [0.1, 0.15) is 37.7 Å². The fourth-order valence-corrected chi connectivity index (χ4v) is 3.99. The summed E-state index contributed by atoms with van der Waals surface area (Å²) in [4.78, 5) is 15.3. The molecule has 1 saturated carbocycles. The molecule has 3 rings (SSSR count). The zero-order valence-corrected chi connectivity index (χ0v) is 15.1. The third-order valence-corrected chi connectivity index (χ3v) is 5.91. The van der Waals surface area contributed by atoms with Gasteiger partial charge < -0.3 is 15.0 Å². The van der Waals surface area contributed by atoms with Crippen LogP contribution in [0.3, 0.4) is 0 Å². The highest BCUT2D eigenvalue weighted by Crippen LogP contribution is 2.44. The fourth-order valence-electron chi connectivity index (χ4n) is 3.99. The first-order valence-corrected chi connectivity index (χ1v) is 9.40. The van der Waals surface area contributed by atoms with Crippen molar-refractivity contribution in [3.63, 3.8) is 0 Å². The van der Waals surface area contributed by atoms with Crippen LogP contribution < -0.4 is 5.32 Å². The van der Waals surface area contributed by atoms with E-state index < -0.39 is 5.41 Å². The maximum absolute atomic E-state index is 13.2. The number of methoxy groups -OCH3 is 1. The van der Waals surface area contributed by atoms with Gasteiger partial charge >= 0.3 is 0 Å². The van der Waals surface area contributed by atoms with Crippen molar-refractivity contribution < 1.29 is 13.9 Å². The molecule has 0 bridgehead atoms. The Bertz CT molecular complexity index is 564. The molecule has 138 valence electrons. The Kier molecular flexibility index (Phi) is 6.07. The van der Waals surface area contributed by atoms with Gasteiger partial charge in [0.25, 0.3) is 0 Å². The molecule has 1 aromatic rings. The minimum absolute atomic E-state index is 0.118. The molecule has 1 saturated heterocycles. The van der Waals surface area contributed by atoms with Gasteiger partial charge in [0.15, 0.2) is 0 Å². The van der Waals surface area contributed by atoms with Crippen LogP contribution in [0, 0.1) is 11.7 Å². The van der Waals surface area contributed by atoms with E-state index in [1.54, 1.807) is 19.2 Å². The Morgan fingerprint density at radius 1 is 1.28 bits per heavy atom. The smallest absolute Gasteiger partial charge is 0.230 e. The zero-order valence-electron chi connectivity index (χ0n) is 15.1. The molecule has 1 aliphatic carbocycles. The number of likely N-dealkylation sites (tertiary alicyclic amines) is 1. The van der Waals surface area contributed by atoms with E-state index >= 15 is 0 Å². The first-order chi connectivity index (χ1) is 12.1. The van der Waals surface area contributed by atoms with E-state index in [-0.39, 0.29) is 11.7 Å². The van der Waals surface area contributed by atoms with Gasteiger partial charge in [0.2, 0.25) is 5.91 Å². The summed E-state index contributed by atoms with van der Waals surface area (Å²) in [5.41, 5.74) is 0.513. The molecule has 0 spiro atoms. The van der Waals surface area contributed by atoms with Crippen molar-refractivity contribution in [3.05, 3.63) is 35.6 Å². The molecule has 1 heterocycles. The summed E-state index contributed by atoms with van der Waals surface area (Å²) in [7, 11) is 1.74. The zero-order chi connectivity index (χ0) is 17.7. The van der Waals surface area contributed by atoms with Gasteiger partial charge in [0.05, 0.1) is 12.0 Å². The summed E-state index contributed by atoms with van der Waals surface area (Å²) in [5, 5.41) is 3.19. The van der Waals surface area contributed by atoms with E-state index in [0.29, 0.717) is 5.92 Å². The number of carbonyl (C=O) groups is 1. The number of rotatable bonds is 7. The summed E-state index contributed by atoms with van der Waals surface area (Å²) in [6.07, 6.45) is 5.02. The largest absolute Gasteiger partial charge is 0.383 e. The first-order valence-electron chi connectivity index (χ1n) is 9.40. The number of hydrogen-bond donors (Lipinski definition) is 1. The number of amides is 1. The lowest BCUT2D eigenvalue weighted by atomic mass is 9.63. The van der Waals surface area contributed by atoms with Gasteiger partial charge in [-0.15, -0.1) is 0 Å². The molecule has 2 aliphatic rings. The van der Waals surface area contributed by atoms with E-state index in [1.165, 1.54) is 12.1 Å². The number of carbonyl (C=O) groups excluding carboxylic acids is 1. The standard InChI is InChI=1S/C20H29FN2O2/c1-25-14-13-23-11-7-16(8-12-23)15-22-19(24)20(9-2-10-20)17-3-5-18(21)6-4-17/h3-6,16H,2,7-15H2,1H3,(H,22,24). The molecule has 25 heavy (non-hydrogen) atoms. The normalized spacial score (nSPS) is 20.9. The summed E-state index contributed by atoms with van der Waals surface area (Å²) in [6, 6.07) is 6.45. The van der Waals surface area contributed by atoms with Crippen molar-refractivity contribution in [3.8, 4) is 0 Å². The molecule has 0 unspecified atom stereocenters. The lowest BCUT2D eigenvalue weighted by molar-refractivity contribution is -0.130. The van der Waals surface area contributed by atoms with E-state index in [2.05, 4.69) is 10.2 Å². The Labute approximate surface area is 149 Å². The Hall–Kier alpha value is -1.46. The second-order valence-electron chi connectivity index (χ2n) is 7.43. The van der Waals surface area contributed by atoms with Gasteiger partial charge in [-0.1, -0.05) is 18.6 Å². The van der Waals surface area contributed by atoms with Crippen molar-refractivity contribution in [2.24, 2.45) is 5.92 Å². The Morgan fingerprint density at radius 2 is 1.96 bits per heavy atom. The average molecular weight is 348 g/mol. The summed E-state index contributed by atoms with van der Waals surface area (Å²) in [6.45, 7) is 4.67.